The molecule has 3 aromatic carbocycles. The Balaban J connectivity index is 0.00000361. The zero-order valence-electron chi connectivity index (χ0n) is 19.8. The van der Waals surface area contributed by atoms with E-state index in [-0.39, 0.29) is 23.3 Å². The molecule has 0 radical (unpaired) electrons. The molecule has 2 atom stereocenters. The summed E-state index contributed by atoms with van der Waals surface area (Å²) in [6.45, 7) is 5.21. The summed E-state index contributed by atoms with van der Waals surface area (Å²) in [5, 5.41) is 8.97. The fourth-order valence-corrected chi connectivity index (χ4v) is 6.06. The van der Waals surface area contributed by atoms with Crippen molar-refractivity contribution in [1.29, 1.82) is 0 Å². The van der Waals surface area contributed by atoms with Gasteiger partial charge in [0, 0.05) is 12.2 Å². The van der Waals surface area contributed by atoms with Crippen LogP contribution in [0, 0.1) is 0 Å². The van der Waals surface area contributed by atoms with Gasteiger partial charge in [-0.2, -0.15) is 0 Å². The minimum atomic E-state index is -3.60. The van der Waals surface area contributed by atoms with Gasteiger partial charge in [-0.1, -0.05) is 53.5 Å². The number of amides is 2. The standard InChI is InChI=1S/C26H27Cl2N3O3S.ClH/c1-16(23-4-3-5-24(27)25(23)28)30-26(32)31-21-8-10-22(11-9-21)35(33,34)17(2)18-6-7-20-15-29-13-12-19(20)14-18;/h3-11,14,16-17,29H,12-13,15H2,1-2H3,(H2,30,31,32);1H/t16-,17?;/m0./s1. The van der Waals surface area contributed by atoms with Crippen molar-refractivity contribution in [2.24, 2.45) is 0 Å². The first-order valence-corrected chi connectivity index (χ1v) is 13.6. The van der Waals surface area contributed by atoms with E-state index in [1.807, 2.05) is 18.2 Å². The maximum absolute atomic E-state index is 13.3. The molecule has 192 valence electrons. The minimum Gasteiger partial charge on any atom is -0.331 e. The van der Waals surface area contributed by atoms with Crippen molar-refractivity contribution in [3.05, 3.63) is 93.0 Å². The van der Waals surface area contributed by atoms with E-state index >= 15 is 0 Å². The fraction of sp³-hybridized carbons (Fsp3) is 0.269. The number of anilines is 1. The number of carbonyl (C=O) groups is 1. The molecule has 0 aromatic heterocycles. The van der Waals surface area contributed by atoms with Crippen molar-refractivity contribution in [2.75, 3.05) is 11.9 Å². The lowest BCUT2D eigenvalue weighted by Crippen LogP contribution is -2.31. The Morgan fingerprint density at radius 3 is 2.44 bits per heavy atom. The van der Waals surface area contributed by atoms with Crippen LogP contribution in [0.5, 0.6) is 0 Å². The summed E-state index contributed by atoms with van der Waals surface area (Å²) in [6.07, 6.45) is 0.889. The number of urea groups is 1. The molecule has 3 N–H and O–H groups in total. The van der Waals surface area contributed by atoms with E-state index in [9.17, 15) is 13.2 Å². The molecule has 3 aromatic rings. The average molecular weight is 569 g/mol. The molecule has 1 heterocycles. The zero-order chi connectivity index (χ0) is 25.2. The van der Waals surface area contributed by atoms with Crippen molar-refractivity contribution in [3.8, 4) is 0 Å². The Bertz CT molecular complexity index is 1350. The maximum atomic E-state index is 13.3. The normalized spacial score (nSPS) is 14.7. The molecule has 1 aliphatic heterocycles. The fourth-order valence-electron chi connectivity index (χ4n) is 4.16. The molecular weight excluding hydrogens is 541 g/mol. The summed E-state index contributed by atoms with van der Waals surface area (Å²) in [6, 6.07) is 16.5. The van der Waals surface area contributed by atoms with E-state index in [1.165, 1.54) is 23.3 Å². The van der Waals surface area contributed by atoms with E-state index in [0.717, 1.165) is 25.1 Å². The van der Waals surface area contributed by atoms with Gasteiger partial charge in [0.1, 0.15) is 0 Å². The molecule has 6 nitrogen and oxygen atoms in total. The van der Waals surface area contributed by atoms with Gasteiger partial charge >= 0.3 is 6.03 Å². The van der Waals surface area contributed by atoms with Gasteiger partial charge in [0.15, 0.2) is 9.84 Å². The summed E-state index contributed by atoms with van der Waals surface area (Å²) in [7, 11) is -3.60. The van der Waals surface area contributed by atoms with Crippen molar-refractivity contribution < 1.29 is 13.2 Å². The average Bonchev–Trinajstić information content (AvgIpc) is 2.85. The second-order valence-corrected chi connectivity index (χ2v) is 11.7. The molecular formula is C26H28Cl3N3O3S. The number of nitrogens with one attached hydrogen (secondary N) is 3. The molecule has 1 unspecified atom stereocenters. The van der Waals surface area contributed by atoms with E-state index in [1.54, 1.807) is 44.2 Å². The van der Waals surface area contributed by atoms with Crippen molar-refractivity contribution in [2.45, 2.75) is 43.0 Å². The Hall–Kier alpha value is -2.29. The van der Waals surface area contributed by atoms with Crippen LogP contribution in [0.1, 0.15) is 47.4 Å². The predicted molar refractivity (Wildman–Crippen MR) is 148 cm³/mol. The SMILES string of the molecule is CC(c1ccc2c(c1)CCNC2)S(=O)(=O)c1ccc(NC(=O)N[C@@H](C)c2cccc(Cl)c2Cl)cc1.Cl. The van der Waals surface area contributed by atoms with Crippen molar-refractivity contribution >= 4 is 57.2 Å². The lowest BCUT2D eigenvalue weighted by atomic mass is 9.97. The van der Waals surface area contributed by atoms with Gasteiger partial charge in [-0.05, 0) is 79.4 Å². The first-order chi connectivity index (χ1) is 16.7. The van der Waals surface area contributed by atoms with E-state index in [0.29, 0.717) is 21.3 Å². The van der Waals surface area contributed by atoms with E-state index in [4.69, 9.17) is 23.2 Å². The van der Waals surface area contributed by atoms with Crippen LogP contribution >= 0.6 is 35.6 Å². The highest BCUT2D eigenvalue weighted by Crippen LogP contribution is 2.32. The first kappa shape index (κ1) is 28.3. The third kappa shape index (κ3) is 6.15. The third-order valence-electron chi connectivity index (χ3n) is 6.29. The molecule has 0 spiro atoms. The van der Waals surface area contributed by atoms with Gasteiger partial charge in [-0.15, -0.1) is 12.4 Å². The Labute approximate surface area is 228 Å². The summed E-state index contributed by atoms with van der Waals surface area (Å²) >= 11 is 12.3. The summed E-state index contributed by atoms with van der Waals surface area (Å²) < 4.78 is 26.5. The van der Waals surface area contributed by atoms with Gasteiger partial charge in [-0.25, -0.2) is 13.2 Å². The lowest BCUT2D eigenvalue weighted by Gasteiger charge is -2.20. The Kier molecular flexibility index (Phi) is 9.30. The van der Waals surface area contributed by atoms with Crippen LogP contribution in [0.4, 0.5) is 10.5 Å². The number of halogens is 3. The number of sulfone groups is 1. The first-order valence-electron chi connectivity index (χ1n) is 11.3. The molecule has 36 heavy (non-hydrogen) atoms. The Morgan fingerprint density at radius 2 is 1.72 bits per heavy atom. The van der Waals surface area contributed by atoms with Crippen LogP contribution < -0.4 is 16.0 Å². The molecule has 0 saturated carbocycles. The highest BCUT2D eigenvalue weighted by atomic mass is 35.5. The summed E-state index contributed by atoms with van der Waals surface area (Å²) in [4.78, 5) is 12.7. The molecule has 0 aliphatic carbocycles. The van der Waals surface area contributed by atoms with Crippen LogP contribution in [-0.4, -0.2) is 21.0 Å². The molecule has 4 rings (SSSR count). The van der Waals surface area contributed by atoms with E-state index in [2.05, 4.69) is 16.0 Å². The second-order valence-electron chi connectivity index (χ2n) is 8.63. The van der Waals surface area contributed by atoms with Crippen molar-refractivity contribution in [3.63, 3.8) is 0 Å². The van der Waals surface area contributed by atoms with Crippen molar-refractivity contribution in [1.82, 2.24) is 10.6 Å². The molecule has 0 fully saturated rings. The molecule has 10 heteroatoms. The van der Waals surface area contributed by atoms with Crippen LogP contribution in [0.3, 0.4) is 0 Å². The number of fused-ring (bicyclic) bond motifs is 1. The largest absolute Gasteiger partial charge is 0.331 e. The molecule has 0 saturated heterocycles. The van der Waals surface area contributed by atoms with Gasteiger partial charge in [0.25, 0.3) is 0 Å². The van der Waals surface area contributed by atoms with E-state index < -0.39 is 21.1 Å². The topological polar surface area (TPSA) is 87.3 Å². The van der Waals surface area contributed by atoms with Gasteiger partial charge < -0.3 is 16.0 Å². The quantitative estimate of drug-likeness (QED) is 0.318. The number of benzene rings is 3. The number of hydrogen-bond acceptors (Lipinski definition) is 4. The monoisotopic (exact) mass is 567 g/mol. The minimum absolute atomic E-state index is 0. The van der Waals surface area contributed by atoms with Crippen LogP contribution in [0.2, 0.25) is 10.0 Å². The smallest absolute Gasteiger partial charge is 0.319 e. The highest BCUT2D eigenvalue weighted by molar-refractivity contribution is 7.91. The molecule has 0 bridgehead atoms. The predicted octanol–water partition coefficient (Wildman–Crippen LogP) is 6.48. The van der Waals surface area contributed by atoms with Gasteiger partial charge in [-0.3, -0.25) is 0 Å². The second kappa shape index (κ2) is 11.8. The lowest BCUT2D eigenvalue weighted by molar-refractivity contribution is 0.249. The Morgan fingerprint density at radius 1 is 1.00 bits per heavy atom. The summed E-state index contributed by atoms with van der Waals surface area (Å²) in [5.74, 6) is 0. The van der Waals surface area contributed by atoms with Gasteiger partial charge in [0.05, 0.1) is 26.2 Å². The number of carbonyl (C=O) groups excluding carboxylic acids is 1. The van der Waals surface area contributed by atoms with Crippen LogP contribution in [0.25, 0.3) is 0 Å². The zero-order valence-corrected chi connectivity index (χ0v) is 23.0. The maximum Gasteiger partial charge on any atom is 0.319 e. The summed E-state index contributed by atoms with van der Waals surface area (Å²) in [5.41, 5.74) is 4.36. The van der Waals surface area contributed by atoms with Gasteiger partial charge in [0.2, 0.25) is 0 Å². The number of rotatable bonds is 6. The number of hydrogen-bond donors (Lipinski definition) is 3. The van der Waals surface area contributed by atoms with Crippen LogP contribution in [-0.2, 0) is 22.8 Å². The molecule has 1 aliphatic rings. The molecule has 2 amide bonds. The highest BCUT2D eigenvalue weighted by Gasteiger charge is 2.26. The van der Waals surface area contributed by atoms with Crippen LogP contribution in [0.15, 0.2) is 65.6 Å². The third-order valence-corrected chi connectivity index (χ3v) is 9.25.